The lowest BCUT2D eigenvalue weighted by Gasteiger charge is -2.14. The van der Waals surface area contributed by atoms with Gasteiger partial charge in [0.15, 0.2) is 10.9 Å². The molecule has 0 atom stereocenters. The molecule has 0 unspecified atom stereocenters. The number of Topliss-reactive ketones (excluding diaryl/α,β-unsaturated/α-hetero) is 1. The predicted molar refractivity (Wildman–Crippen MR) is 146 cm³/mol. The summed E-state index contributed by atoms with van der Waals surface area (Å²) < 4.78 is 62.5. The molecule has 0 amide bonds. The van der Waals surface area contributed by atoms with Gasteiger partial charge in [0.2, 0.25) is 11.8 Å². The van der Waals surface area contributed by atoms with E-state index in [1.165, 1.54) is 31.2 Å². The van der Waals surface area contributed by atoms with Crippen molar-refractivity contribution in [3.63, 3.8) is 0 Å². The molecule has 0 aliphatic heterocycles. The molecular formula is C27H24N2O7S3. The van der Waals surface area contributed by atoms with Crippen molar-refractivity contribution >= 4 is 37.8 Å². The van der Waals surface area contributed by atoms with Crippen molar-refractivity contribution in [2.45, 2.75) is 35.7 Å². The van der Waals surface area contributed by atoms with Crippen LogP contribution in [0, 0.1) is 20.8 Å². The number of benzene rings is 3. The summed E-state index contributed by atoms with van der Waals surface area (Å²) in [4.78, 5) is 20.7. The van der Waals surface area contributed by atoms with Crippen LogP contribution in [-0.4, -0.2) is 38.3 Å². The first kappa shape index (κ1) is 28.3. The summed E-state index contributed by atoms with van der Waals surface area (Å²) in [6.45, 7) is 5.00. The van der Waals surface area contributed by atoms with Gasteiger partial charge < -0.3 is 8.37 Å². The highest BCUT2D eigenvalue weighted by atomic mass is 32.2. The van der Waals surface area contributed by atoms with Gasteiger partial charge in [0.25, 0.3) is 0 Å². The largest absolute Gasteiger partial charge is 0.358 e. The van der Waals surface area contributed by atoms with Gasteiger partial charge in [0, 0.05) is 5.56 Å². The predicted octanol–water partition coefficient (Wildman–Crippen LogP) is 4.91. The Bertz CT molecular complexity index is 1610. The highest BCUT2D eigenvalue weighted by Gasteiger charge is 2.26. The normalized spacial score (nSPS) is 11.7. The zero-order valence-electron chi connectivity index (χ0n) is 21.2. The molecule has 0 saturated heterocycles. The Balaban J connectivity index is 1.70. The Hall–Kier alpha value is -3.74. The van der Waals surface area contributed by atoms with Crippen LogP contribution in [0.5, 0.6) is 11.8 Å². The van der Waals surface area contributed by atoms with Crippen LogP contribution in [0.15, 0.2) is 93.8 Å². The SMILES string of the molecule is Cc1ccc(S(=O)(=O)Oc2nc(SCC(=O)c3ccccc3)nc(OS(=O)(=O)c3ccc(C)cc3)c2C)cc1. The molecule has 0 aliphatic rings. The van der Waals surface area contributed by atoms with E-state index >= 15 is 0 Å². The van der Waals surface area contributed by atoms with E-state index in [0.717, 1.165) is 22.9 Å². The second-order valence-electron chi connectivity index (χ2n) is 8.52. The number of nitrogens with zero attached hydrogens (tertiary/aromatic N) is 2. The van der Waals surface area contributed by atoms with Gasteiger partial charge in [0.05, 0.1) is 11.3 Å². The Morgan fingerprint density at radius 1 is 0.692 bits per heavy atom. The van der Waals surface area contributed by atoms with Gasteiger partial charge in [-0.15, -0.1) is 0 Å². The Labute approximate surface area is 231 Å². The average Bonchev–Trinajstić information content (AvgIpc) is 2.90. The van der Waals surface area contributed by atoms with E-state index in [-0.39, 0.29) is 32.0 Å². The third-order valence-corrected chi connectivity index (χ3v) is 8.76. The summed E-state index contributed by atoms with van der Waals surface area (Å²) in [6.07, 6.45) is 0. The zero-order chi connectivity index (χ0) is 28.2. The van der Waals surface area contributed by atoms with Crippen LogP contribution in [0.25, 0.3) is 0 Å². The molecule has 9 nitrogen and oxygen atoms in total. The summed E-state index contributed by atoms with van der Waals surface area (Å²) in [5.41, 5.74) is 2.12. The number of aromatic nitrogens is 2. The third-order valence-electron chi connectivity index (χ3n) is 5.46. The number of hydrogen-bond donors (Lipinski definition) is 0. The van der Waals surface area contributed by atoms with E-state index in [1.54, 1.807) is 54.6 Å². The molecule has 1 aromatic heterocycles. The molecule has 0 spiro atoms. The first-order valence-corrected chi connectivity index (χ1v) is 15.4. The molecule has 0 radical (unpaired) electrons. The molecule has 0 aliphatic carbocycles. The average molecular weight is 585 g/mol. The van der Waals surface area contributed by atoms with Gasteiger partial charge in [-0.3, -0.25) is 4.79 Å². The minimum Gasteiger partial charge on any atom is -0.358 e. The minimum atomic E-state index is -4.33. The molecule has 0 fully saturated rings. The monoisotopic (exact) mass is 584 g/mol. The van der Waals surface area contributed by atoms with Crippen LogP contribution >= 0.6 is 11.8 Å². The van der Waals surface area contributed by atoms with E-state index in [9.17, 15) is 21.6 Å². The fourth-order valence-electron chi connectivity index (χ4n) is 3.24. The lowest BCUT2D eigenvalue weighted by Crippen LogP contribution is -2.15. The third kappa shape index (κ3) is 7.02. The van der Waals surface area contributed by atoms with E-state index < -0.39 is 32.0 Å². The smallest absolute Gasteiger partial charge is 0.340 e. The van der Waals surface area contributed by atoms with Crippen molar-refractivity contribution in [1.29, 1.82) is 0 Å². The molecule has 0 bridgehead atoms. The van der Waals surface area contributed by atoms with Gasteiger partial charge in [0.1, 0.15) is 9.79 Å². The fourth-order valence-corrected chi connectivity index (χ4v) is 5.83. The maximum absolute atomic E-state index is 13.0. The number of aryl methyl sites for hydroxylation is 2. The maximum Gasteiger partial charge on any atom is 0.340 e. The van der Waals surface area contributed by atoms with E-state index in [2.05, 4.69) is 9.97 Å². The molecule has 4 rings (SSSR count). The van der Waals surface area contributed by atoms with E-state index in [0.29, 0.717) is 5.56 Å². The molecule has 0 N–H and O–H groups in total. The summed E-state index contributed by atoms with van der Waals surface area (Å²) >= 11 is 0.887. The lowest BCUT2D eigenvalue weighted by atomic mass is 10.2. The molecule has 12 heteroatoms. The molecule has 3 aromatic carbocycles. The van der Waals surface area contributed by atoms with Crippen molar-refractivity contribution in [2.75, 3.05) is 5.75 Å². The van der Waals surface area contributed by atoms with Crippen molar-refractivity contribution in [3.8, 4) is 11.8 Å². The maximum atomic E-state index is 13.0. The van der Waals surface area contributed by atoms with Crippen LogP contribution in [0.2, 0.25) is 0 Å². The van der Waals surface area contributed by atoms with Crippen LogP contribution < -0.4 is 8.37 Å². The number of carbonyl (C=O) groups is 1. The molecular weight excluding hydrogens is 561 g/mol. The molecule has 4 aromatic rings. The summed E-state index contributed by atoms with van der Waals surface area (Å²) in [5.74, 6) is -1.17. The Morgan fingerprint density at radius 2 is 1.13 bits per heavy atom. The number of thioether (sulfide) groups is 1. The lowest BCUT2D eigenvalue weighted by molar-refractivity contribution is 0.102. The topological polar surface area (TPSA) is 130 Å². The van der Waals surface area contributed by atoms with E-state index in [1.807, 2.05) is 13.8 Å². The first-order chi connectivity index (χ1) is 18.4. The van der Waals surface area contributed by atoms with Crippen molar-refractivity contribution in [2.24, 2.45) is 0 Å². The quantitative estimate of drug-likeness (QED) is 0.110. The van der Waals surface area contributed by atoms with Crippen molar-refractivity contribution in [3.05, 3.63) is 101 Å². The standard InChI is InChI=1S/C27H24N2O7S3/c1-18-9-13-22(14-10-18)38(31,32)35-25-20(3)26(36-39(33,34)23-15-11-19(2)12-16-23)29-27(28-25)37-17-24(30)21-7-5-4-6-8-21/h4-16H,17H2,1-3H3. The van der Waals surface area contributed by atoms with Crippen LogP contribution in [0.1, 0.15) is 27.0 Å². The second-order valence-corrected chi connectivity index (χ2v) is 12.6. The minimum absolute atomic E-state index is 0.0555. The van der Waals surface area contributed by atoms with Crippen LogP contribution in [-0.2, 0) is 20.2 Å². The van der Waals surface area contributed by atoms with Crippen molar-refractivity contribution in [1.82, 2.24) is 9.97 Å². The van der Waals surface area contributed by atoms with Crippen molar-refractivity contribution < 1.29 is 30.0 Å². The summed E-state index contributed by atoms with van der Waals surface area (Å²) in [6, 6.07) is 20.5. The Kier molecular flexibility index (Phi) is 8.38. The first-order valence-electron chi connectivity index (χ1n) is 11.6. The summed E-state index contributed by atoms with van der Waals surface area (Å²) in [5, 5.41) is -0.104. The number of ketones is 1. The number of carbonyl (C=O) groups excluding carboxylic acids is 1. The van der Waals surface area contributed by atoms with Gasteiger partial charge in [-0.25, -0.2) is 0 Å². The van der Waals surface area contributed by atoms with Gasteiger partial charge in [-0.05, 0) is 45.0 Å². The van der Waals surface area contributed by atoms with Gasteiger partial charge in [-0.1, -0.05) is 77.5 Å². The molecule has 202 valence electrons. The number of hydrogen-bond acceptors (Lipinski definition) is 10. The van der Waals surface area contributed by atoms with Gasteiger partial charge in [-0.2, -0.15) is 26.8 Å². The zero-order valence-corrected chi connectivity index (χ0v) is 23.6. The second kappa shape index (κ2) is 11.6. The molecule has 1 heterocycles. The molecule has 39 heavy (non-hydrogen) atoms. The highest BCUT2D eigenvalue weighted by molar-refractivity contribution is 7.99. The number of rotatable bonds is 10. The highest BCUT2D eigenvalue weighted by Crippen LogP contribution is 2.32. The summed E-state index contributed by atoms with van der Waals surface area (Å²) in [7, 11) is -8.66. The fraction of sp³-hybridized carbons (Fsp3) is 0.148. The molecule has 0 saturated carbocycles. The Morgan fingerprint density at radius 3 is 1.56 bits per heavy atom. The van der Waals surface area contributed by atoms with Gasteiger partial charge >= 0.3 is 20.2 Å². The van der Waals surface area contributed by atoms with Crippen LogP contribution in [0.4, 0.5) is 0 Å². The van der Waals surface area contributed by atoms with E-state index in [4.69, 9.17) is 8.37 Å². The van der Waals surface area contributed by atoms with Crippen LogP contribution in [0.3, 0.4) is 0 Å².